The Bertz CT molecular complexity index is 1430. The third-order valence-electron chi connectivity index (χ3n) is 5.54. The van der Waals surface area contributed by atoms with Crippen LogP contribution >= 0.6 is 0 Å². The maximum atomic E-state index is 13.3. The molecule has 10 nitrogen and oxygen atoms in total. The number of nitrogens with two attached hydrogens (primary N) is 1. The van der Waals surface area contributed by atoms with Gasteiger partial charge in [0.1, 0.15) is 11.4 Å². The molecular weight excluding hydrogens is 486 g/mol. The van der Waals surface area contributed by atoms with E-state index in [1.807, 2.05) is 24.3 Å². The minimum atomic E-state index is -4.41. The summed E-state index contributed by atoms with van der Waals surface area (Å²) in [4.78, 5) is 26.5. The molecule has 0 heterocycles. The van der Waals surface area contributed by atoms with Gasteiger partial charge in [-0.15, -0.1) is 0 Å². The van der Waals surface area contributed by atoms with Gasteiger partial charge in [0.25, 0.3) is 0 Å². The number of hydrogen-bond acceptors (Lipinski definition) is 9. The van der Waals surface area contributed by atoms with Gasteiger partial charge >= 0.3 is 0 Å². The molecule has 3 N–H and O–H groups in total. The summed E-state index contributed by atoms with van der Waals surface area (Å²) in [6, 6.07) is 16.4. The van der Waals surface area contributed by atoms with E-state index in [9.17, 15) is 22.6 Å². The molecule has 0 radical (unpaired) electrons. The van der Waals surface area contributed by atoms with Gasteiger partial charge in [-0.2, -0.15) is 0 Å². The summed E-state index contributed by atoms with van der Waals surface area (Å²) in [6.07, 6.45) is 0. The molecule has 0 spiro atoms. The molecule has 0 bridgehead atoms. The molecule has 1 aliphatic carbocycles. The molecule has 3 aromatic carbocycles. The van der Waals surface area contributed by atoms with Crippen LogP contribution in [0.2, 0.25) is 0 Å². The number of hydrogen-bond donors (Lipinski definition) is 2. The molecule has 4 rings (SSSR count). The minimum absolute atomic E-state index is 0.172. The normalized spacial score (nSPS) is 12.7. The molecule has 0 aliphatic heterocycles. The summed E-state index contributed by atoms with van der Waals surface area (Å²) in [7, 11) is 4.15. The van der Waals surface area contributed by atoms with Crippen LogP contribution in [0.15, 0.2) is 54.6 Å². The Labute approximate surface area is 209 Å². The van der Waals surface area contributed by atoms with Crippen LogP contribution in [0.3, 0.4) is 0 Å². The molecule has 0 saturated heterocycles. The number of anilines is 3. The second kappa shape index (κ2) is 10.1. The second-order valence-electron chi connectivity index (χ2n) is 8.75. The van der Waals surface area contributed by atoms with Gasteiger partial charge in [0.2, 0.25) is 10.4 Å². The number of carbonyl (C=O) groups is 2. The lowest BCUT2D eigenvalue weighted by atomic mass is 9.82. The number of quaternary nitrogens is 1. The second-order valence-corrected chi connectivity index (χ2v) is 9.90. The Morgan fingerprint density at radius 3 is 1.83 bits per heavy atom. The van der Waals surface area contributed by atoms with Crippen molar-refractivity contribution < 1.29 is 31.5 Å². The zero-order valence-corrected chi connectivity index (χ0v) is 21.3. The summed E-state index contributed by atoms with van der Waals surface area (Å²) in [5.41, 5.74) is 10.0. The summed E-state index contributed by atoms with van der Waals surface area (Å²) < 4.78 is 37.1. The molecule has 0 aromatic heterocycles. The van der Waals surface area contributed by atoms with Gasteiger partial charge < -0.3 is 20.3 Å². The van der Waals surface area contributed by atoms with Crippen molar-refractivity contribution in [2.24, 2.45) is 0 Å². The van der Waals surface area contributed by atoms with E-state index in [1.165, 1.54) is 7.11 Å². The predicted molar refractivity (Wildman–Crippen MR) is 137 cm³/mol. The van der Waals surface area contributed by atoms with Crippen molar-refractivity contribution in [3.8, 4) is 5.75 Å². The molecule has 36 heavy (non-hydrogen) atoms. The van der Waals surface area contributed by atoms with Gasteiger partial charge in [-0.3, -0.25) is 18.3 Å². The van der Waals surface area contributed by atoms with E-state index in [4.69, 9.17) is 10.5 Å². The summed E-state index contributed by atoms with van der Waals surface area (Å²) >= 11 is 0. The number of carbonyl (C=O) groups excluding carboxylic acids is 2. The van der Waals surface area contributed by atoms with Crippen LogP contribution in [0.5, 0.6) is 5.75 Å². The van der Waals surface area contributed by atoms with E-state index in [0.717, 1.165) is 18.5 Å². The van der Waals surface area contributed by atoms with E-state index in [-0.39, 0.29) is 28.4 Å². The van der Waals surface area contributed by atoms with Crippen molar-refractivity contribution in [2.75, 3.05) is 46.4 Å². The van der Waals surface area contributed by atoms with Crippen LogP contribution < -0.4 is 20.3 Å². The van der Waals surface area contributed by atoms with Crippen molar-refractivity contribution >= 4 is 44.7 Å². The number of rotatable bonds is 5. The average molecular weight is 514 g/mol. The van der Waals surface area contributed by atoms with E-state index in [2.05, 4.69) is 30.6 Å². The number of nitrogens with zero attached hydrogens (tertiary/aromatic N) is 1. The molecule has 190 valence electrons. The minimum Gasteiger partial charge on any atom is -0.726 e. The number of benzene rings is 3. The lowest BCUT2D eigenvalue weighted by molar-refractivity contribution is 0.0980. The number of ether oxygens (including phenoxy) is 1. The number of methoxy groups -OCH3 is 1. The smallest absolute Gasteiger partial charge is 0.217 e. The molecule has 3 aromatic rings. The molecule has 0 unspecified atom stereocenters. The third kappa shape index (κ3) is 5.55. The first-order valence-electron chi connectivity index (χ1n) is 10.7. The van der Waals surface area contributed by atoms with E-state index < -0.39 is 10.4 Å². The third-order valence-corrected chi connectivity index (χ3v) is 5.95. The first-order valence-corrected chi connectivity index (χ1v) is 12.0. The fourth-order valence-corrected chi connectivity index (χ4v) is 3.71. The zero-order chi connectivity index (χ0) is 26.8. The quantitative estimate of drug-likeness (QED) is 0.178. The van der Waals surface area contributed by atoms with Gasteiger partial charge in [-0.25, -0.2) is 8.42 Å². The number of nitrogens with one attached hydrogen (secondary N) is 1. The van der Waals surface area contributed by atoms with Crippen LogP contribution in [-0.4, -0.2) is 59.9 Å². The van der Waals surface area contributed by atoms with Gasteiger partial charge in [0.05, 0.1) is 57.9 Å². The molecule has 11 heteroatoms. The topological polar surface area (TPSA) is 148 Å². The van der Waals surface area contributed by atoms with Crippen molar-refractivity contribution in [1.29, 1.82) is 0 Å². The molecule has 0 fully saturated rings. The highest BCUT2D eigenvalue weighted by atomic mass is 32.3. The molecule has 1 aliphatic rings. The highest BCUT2D eigenvalue weighted by Gasteiger charge is 2.35. The van der Waals surface area contributed by atoms with Crippen molar-refractivity contribution in [3.05, 3.63) is 76.9 Å². The Balaban J connectivity index is 0.000000538. The Morgan fingerprint density at radius 2 is 1.39 bits per heavy atom. The van der Waals surface area contributed by atoms with Crippen LogP contribution in [0.25, 0.3) is 0 Å². The Hall–Kier alpha value is -3.77. The maximum absolute atomic E-state index is 13.3. The van der Waals surface area contributed by atoms with Gasteiger partial charge in [0.15, 0.2) is 11.6 Å². The standard InChI is InChI=1S/C24H23N3O3.CH4O4S/c1-27(2,3)15-11-9-14(10-12-15)26-18-13-19(30-4)22(25)21-20(18)23(28)16-7-5-6-8-17(16)24(21)29;1-5-6(2,3)4/h5-13H,1-4H3,(H2-,25,26,28,29);1H3,(H,2,3,4). The van der Waals surface area contributed by atoms with E-state index >= 15 is 0 Å². The lowest BCUT2D eigenvalue weighted by Crippen LogP contribution is -2.34. The van der Waals surface area contributed by atoms with Crippen molar-refractivity contribution in [2.45, 2.75) is 0 Å². The lowest BCUT2D eigenvalue weighted by Gasteiger charge is -2.25. The van der Waals surface area contributed by atoms with Gasteiger partial charge in [0, 0.05) is 35.0 Å². The van der Waals surface area contributed by atoms with Gasteiger partial charge in [-0.05, 0) is 12.1 Å². The van der Waals surface area contributed by atoms with E-state index in [0.29, 0.717) is 27.0 Å². The fraction of sp³-hybridized carbons (Fsp3) is 0.200. The molecule has 0 atom stereocenters. The van der Waals surface area contributed by atoms with Crippen molar-refractivity contribution in [1.82, 2.24) is 4.48 Å². The number of ketones is 2. The van der Waals surface area contributed by atoms with Crippen LogP contribution in [0, 0.1) is 0 Å². The Morgan fingerprint density at radius 1 is 0.889 bits per heavy atom. The average Bonchev–Trinajstić information content (AvgIpc) is 2.83. The van der Waals surface area contributed by atoms with Crippen LogP contribution in [0.4, 0.5) is 22.7 Å². The monoisotopic (exact) mass is 513 g/mol. The first-order chi connectivity index (χ1) is 16.8. The van der Waals surface area contributed by atoms with E-state index in [1.54, 1.807) is 30.3 Å². The Kier molecular flexibility index (Phi) is 7.51. The summed E-state index contributed by atoms with van der Waals surface area (Å²) in [5.74, 6) is -0.167. The molecule has 0 saturated carbocycles. The fourth-order valence-electron chi connectivity index (χ4n) is 3.71. The largest absolute Gasteiger partial charge is 0.726 e. The van der Waals surface area contributed by atoms with Crippen molar-refractivity contribution in [3.63, 3.8) is 0 Å². The zero-order valence-electron chi connectivity index (χ0n) is 20.5. The first kappa shape index (κ1) is 26.8. The van der Waals surface area contributed by atoms with Gasteiger partial charge in [-0.1, -0.05) is 24.3 Å². The molecular formula is C25H27N3O7S. The van der Waals surface area contributed by atoms with Crippen LogP contribution in [-0.2, 0) is 14.6 Å². The molecule has 0 amide bonds. The number of fused-ring (bicyclic) bond motifs is 2. The number of nitrogen functional groups attached to an aromatic ring is 1. The maximum Gasteiger partial charge on any atom is 0.217 e. The highest BCUT2D eigenvalue weighted by Crippen LogP contribution is 2.41. The summed E-state index contributed by atoms with van der Waals surface area (Å²) in [5, 5.41) is 3.28. The predicted octanol–water partition coefficient (Wildman–Crippen LogP) is 3.09. The van der Waals surface area contributed by atoms with Crippen LogP contribution in [0.1, 0.15) is 31.8 Å². The highest BCUT2D eigenvalue weighted by molar-refractivity contribution is 7.80. The summed E-state index contributed by atoms with van der Waals surface area (Å²) in [6.45, 7) is 0. The SMILES string of the molecule is COS(=O)(=O)[O-].COc1cc(Nc2ccc([N+](C)(C)C)cc2)c2c(c1N)C(=O)c1ccccc1C2=O.